The van der Waals surface area contributed by atoms with Crippen molar-refractivity contribution in [1.82, 2.24) is 15.2 Å². The molecule has 12 nitrogen and oxygen atoms in total. The fourth-order valence-corrected chi connectivity index (χ4v) is 6.61. The van der Waals surface area contributed by atoms with Gasteiger partial charge in [-0.3, -0.25) is 14.3 Å². The van der Waals surface area contributed by atoms with E-state index >= 15 is 0 Å². The lowest BCUT2D eigenvalue weighted by atomic mass is 10.0. The van der Waals surface area contributed by atoms with Crippen molar-refractivity contribution in [2.24, 2.45) is 11.7 Å². The Bertz CT molecular complexity index is 1460. The molecule has 6 N–H and O–H groups in total. The summed E-state index contributed by atoms with van der Waals surface area (Å²) in [5, 5.41) is 13.1. The molecule has 0 saturated heterocycles. The average Bonchev–Trinajstić information content (AvgIpc) is 3.44. The van der Waals surface area contributed by atoms with Gasteiger partial charge in [0.1, 0.15) is 12.4 Å². The molecular weight excluding hydrogens is 522 g/mol. The number of hydrogen-bond acceptors (Lipinski definition) is 8. The second-order valence-electron chi connectivity index (χ2n) is 11.2. The number of carbonyl (C=O) groups excluding carboxylic acids is 2. The normalized spacial score (nSPS) is 26.7. The highest BCUT2D eigenvalue weighted by atomic mass is 32.2. The number of nitrogens with two attached hydrogens (primary N) is 1. The first-order chi connectivity index (χ1) is 18.5. The number of aromatic nitrogens is 2. The van der Waals surface area contributed by atoms with Gasteiger partial charge in [-0.1, -0.05) is 0 Å². The maximum Gasteiger partial charge on any atom is 0.338 e. The molecule has 3 heterocycles. The first kappa shape index (κ1) is 26.0. The number of fused-ring (bicyclic) bond motifs is 2. The Hall–Kier alpha value is -3.29. The molecule has 2 saturated carbocycles. The third-order valence-corrected chi connectivity index (χ3v) is 8.89. The molecule has 3 unspecified atom stereocenters. The van der Waals surface area contributed by atoms with E-state index in [9.17, 15) is 23.1 Å². The van der Waals surface area contributed by atoms with Gasteiger partial charge in [0.2, 0.25) is 15.9 Å². The SMILES string of the molecule is C[C@@H](C1CC1)N1Cc2cc(-c3cc[n+]4c(n3)C(C(=O)NC3CCC[C@H]3O)C(N)N4)cc(NS(C)(=O)=O)c2C1=O. The van der Waals surface area contributed by atoms with Crippen molar-refractivity contribution in [2.75, 3.05) is 16.4 Å². The second kappa shape index (κ2) is 9.42. The quantitative estimate of drug-likeness (QED) is 0.299. The van der Waals surface area contributed by atoms with Gasteiger partial charge in [-0.15, -0.1) is 4.68 Å². The number of benzene rings is 1. The molecule has 2 fully saturated rings. The van der Waals surface area contributed by atoms with Gasteiger partial charge in [-0.25, -0.2) is 13.8 Å². The summed E-state index contributed by atoms with van der Waals surface area (Å²) >= 11 is 0. The summed E-state index contributed by atoms with van der Waals surface area (Å²) in [5.41, 5.74) is 11.7. The number of carbonyl (C=O) groups is 2. The zero-order valence-electron chi connectivity index (χ0n) is 21.9. The number of amides is 2. The summed E-state index contributed by atoms with van der Waals surface area (Å²) in [7, 11) is -3.66. The lowest BCUT2D eigenvalue weighted by molar-refractivity contribution is -0.651. The van der Waals surface area contributed by atoms with Crippen molar-refractivity contribution in [3.05, 3.63) is 41.3 Å². The molecule has 208 valence electrons. The van der Waals surface area contributed by atoms with Crippen LogP contribution in [-0.2, 0) is 21.4 Å². The minimum atomic E-state index is -3.66. The third-order valence-electron chi connectivity index (χ3n) is 8.30. The maximum atomic E-state index is 13.4. The summed E-state index contributed by atoms with van der Waals surface area (Å²) in [6, 6.07) is 4.99. The molecule has 2 aliphatic heterocycles. The van der Waals surface area contributed by atoms with Crippen molar-refractivity contribution in [3.8, 4) is 11.3 Å². The Kier molecular flexibility index (Phi) is 6.27. The van der Waals surface area contributed by atoms with Crippen LogP contribution < -0.4 is 25.9 Å². The molecule has 4 aliphatic rings. The molecule has 0 radical (unpaired) electrons. The number of aliphatic hydroxyl groups is 1. The van der Waals surface area contributed by atoms with Crippen molar-refractivity contribution in [1.29, 1.82) is 0 Å². The zero-order valence-corrected chi connectivity index (χ0v) is 22.7. The first-order valence-electron chi connectivity index (χ1n) is 13.4. The minimum Gasteiger partial charge on any atom is -0.391 e. The Balaban J connectivity index is 1.35. The monoisotopic (exact) mass is 556 g/mol. The number of nitrogens with zero attached hydrogens (tertiary/aromatic N) is 3. The van der Waals surface area contributed by atoms with Gasteiger partial charge < -0.3 is 21.1 Å². The highest BCUT2D eigenvalue weighted by Gasteiger charge is 2.46. The number of rotatable bonds is 7. The second-order valence-corrected chi connectivity index (χ2v) is 13.0. The molecule has 2 aliphatic carbocycles. The molecular formula is C26H34N7O5S+. The van der Waals surface area contributed by atoms with E-state index < -0.39 is 28.2 Å². The Labute approximate surface area is 227 Å². The lowest BCUT2D eigenvalue weighted by Crippen LogP contribution is -2.49. The van der Waals surface area contributed by atoms with Gasteiger partial charge in [-0.05, 0) is 67.6 Å². The van der Waals surface area contributed by atoms with E-state index in [0.29, 0.717) is 47.9 Å². The molecule has 2 amide bonds. The molecule has 2 aromatic rings. The number of aliphatic hydroxyl groups excluding tert-OH is 1. The Morgan fingerprint density at radius 1 is 1.28 bits per heavy atom. The third kappa shape index (κ3) is 4.83. The van der Waals surface area contributed by atoms with Crippen molar-refractivity contribution >= 4 is 27.5 Å². The summed E-state index contributed by atoms with van der Waals surface area (Å²) in [5.74, 6) is -0.420. The van der Waals surface area contributed by atoms with E-state index in [1.165, 1.54) is 0 Å². The van der Waals surface area contributed by atoms with Gasteiger partial charge in [-0.2, -0.15) is 0 Å². The van der Waals surface area contributed by atoms with E-state index in [-0.39, 0.29) is 29.6 Å². The van der Waals surface area contributed by atoms with Gasteiger partial charge in [0, 0.05) is 24.2 Å². The largest absolute Gasteiger partial charge is 0.391 e. The van der Waals surface area contributed by atoms with E-state index in [1.54, 1.807) is 23.0 Å². The molecule has 1 aromatic carbocycles. The lowest BCUT2D eigenvalue weighted by Gasteiger charge is -2.24. The van der Waals surface area contributed by atoms with Crippen LogP contribution in [0.15, 0.2) is 24.4 Å². The molecule has 39 heavy (non-hydrogen) atoms. The average molecular weight is 557 g/mol. The summed E-state index contributed by atoms with van der Waals surface area (Å²) < 4.78 is 28.6. The Morgan fingerprint density at radius 3 is 2.72 bits per heavy atom. The number of nitrogens with one attached hydrogen (secondary N) is 3. The van der Waals surface area contributed by atoms with Gasteiger partial charge in [0.15, 0.2) is 11.6 Å². The molecule has 0 bridgehead atoms. The number of sulfonamides is 1. The predicted molar refractivity (Wildman–Crippen MR) is 142 cm³/mol. The fraction of sp³-hybridized carbons (Fsp3) is 0.538. The van der Waals surface area contributed by atoms with Crippen molar-refractivity contribution in [3.63, 3.8) is 0 Å². The fourth-order valence-electron chi connectivity index (χ4n) is 6.05. The maximum absolute atomic E-state index is 13.4. The van der Waals surface area contributed by atoms with E-state index in [1.807, 2.05) is 17.9 Å². The highest BCUT2D eigenvalue weighted by molar-refractivity contribution is 7.92. The number of hydrogen-bond donors (Lipinski definition) is 5. The molecule has 5 atom stereocenters. The molecule has 13 heteroatoms. The van der Waals surface area contributed by atoms with Crippen LogP contribution in [0.4, 0.5) is 5.69 Å². The van der Waals surface area contributed by atoms with Gasteiger partial charge in [0.25, 0.3) is 5.91 Å². The van der Waals surface area contributed by atoms with Crippen LogP contribution in [-0.4, -0.2) is 65.8 Å². The summed E-state index contributed by atoms with van der Waals surface area (Å²) in [4.78, 5) is 33.2. The minimum absolute atomic E-state index is 0.0687. The van der Waals surface area contributed by atoms with Gasteiger partial charge >= 0.3 is 5.82 Å². The van der Waals surface area contributed by atoms with Crippen molar-refractivity contribution in [2.45, 2.75) is 75.8 Å². The standard InChI is InChI=1S/C26H33N7O5S/c1-13(14-6-7-14)32-12-16-10-15(11-19(21(16)26(32)36)31-39(2,37)38)17-8-9-33-24(28-17)22(23(27)30-33)25(35)29-18-4-3-5-20(18)34/h8-11,13-14,18,20,22-23,34H,3-7,12,27H2,1-2H3,(H2-,29,30,31,35,36)/p+1/t13-,18?,20+,22?,23?/m0/s1. The van der Waals surface area contributed by atoms with Crippen molar-refractivity contribution < 1.29 is 27.8 Å². The van der Waals surface area contributed by atoms with E-state index in [0.717, 1.165) is 31.1 Å². The first-order valence-corrected chi connectivity index (χ1v) is 15.3. The highest BCUT2D eigenvalue weighted by Crippen LogP contribution is 2.41. The molecule has 0 spiro atoms. The zero-order chi connectivity index (χ0) is 27.6. The Morgan fingerprint density at radius 2 is 2.05 bits per heavy atom. The van der Waals surface area contributed by atoms with E-state index in [4.69, 9.17) is 10.7 Å². The summed E-state index contributed by atoms with van der Waals surface area (Å²) in [6.07, 6.45) is 5.84. The predicted octanol–water partition coefficient (Wildman–Crippen LogP) is 0.117. The van der Waals surface area contributed by atoms with Gasteiger partial charge in [0.05, 0.1) is 29.7 Å². The van der Waals surface area contributed by atoms with Crippen LogP contribution >= 0.6 is 0 Å². The van der Waals surface area contributed by atoms with Crippen LogP contribution in [0.2, 0.25) is 0 Å². The smallest absolute Gasteiger partial charge is 0.338 e. The topological polar surface area (TPSA) is 171 Å². The van der Waals surface area contributed by atoms with Crippen LogP contribution in [0.3, 0.4) is 0 Å². The van der Waals surface area contributed by atoms with E-state index in [2.05, 4.69) is 15.5 Å². The number of anilines is 1. The summed E-state index contributed by atoms with van der Waals surface area (Å²) in [6.45, 7) is 2.43. The molecule has 1 aromatic heterocycles. The van der Waals surface area contributed by atoms with Crippen LogP contribution in [0.1, 0.15) is 66.7 Å². The molecule has 6 rings (SSSR count). The van der Waals surface area contributed by atoms with Crippen LogP contribution in [0, 0.1) is 5.92 Å². The van der Waals surface area contributed by atoms with Crippen LogP contribution in [0.25, 0.3) is 11.3 Å². The van der Waals surface area contributed by atoms with Crippen LogP contribution in [0.5, 0.6) is 0 Å².